The Morgan fingerprint density at radius 1 is 1.13 bits per heavy atom. The van der Waals surface area contributed by atoms with Crippen LogP contribution in [-0.2, 0) is 14.2 Å². The molecule has 0 spiro atoms. The van der Waals surface area contributed by atoms with Crippen molar-refractivity contribution < 1.29 is 14.2 Å². The van der Waals surface area contributed by atoms with Gasteiger partial charge in [0.05, 0.1) is 32.0 Å². The Kier molecular flexibility index (Phi) is 10.3. The number of likely N-dealkylation sites (N-methyl/N-ethyl adjacent to an activating group) is 1. The Hall–Kier alpha value is -0.160. The van der Waals surface area contributed by atoms with E-state index in [0.717, 1.165) is 13.2 Å². The van der Waals surface area contributed by atoms with Crippen molar-refractivity contribution in [3.63, 3.8) is 0 Å². The third-order valence-corrected chi connectivity index (χ3v) is 2.00. The van der Waals surface area contributed by atoms with Crippen LogP contribution in [0.5, 0.6) is 0 Å². The molecular weight excluding hydrogens is 194 g/mol. The highest BCUT2D eigenvalue weighted by atomic mass is 16.5. The Morgan fingerprint density at radius 2 is 1.87 bits per heavy atom. The standard InChI is InChI=1S/C11H25NO3/c1-5-12-11(8-13-4)9-15-10(3)7-14-6-2/h10-12H,5-9H2,1-4H3. The van der Waals surface area contributed by atoms with Crippen LogP contribution in [0.2, 0.25) is 0 Å². The summed E-state index contributed by atoms with van der Waals surface area (Å²) in [6, 6.07) is 0.268. The van der Waals surface area contributed by atoms with Gasteiger partial charge in [-0.2, -0.15) is 0 Å². The van der Waals surface area contributed by atoms with Crippen molar-refractivity contribution in [3.8, 4) is 0 Å². The molecule has 0 heterocycles. The summed E-state index contributed by atoms with van der Waals surface area (Å²) in [5, 5.41) is 3.30. The van der Waals surface area contributed by atoms with E-state index in [9.17, 15) is 0 Å². The Labute approximate surface area is 93.3 Å². The van der Waals surface area contributed by atoms with Gasteiger partial charge in [-0.15, -0.1) is 0 Å². The number of hydrogen-bond acceptors (Lipinski definition) is 4. The first-order chi connectivity index (χ1) is 7.24. The summed E-state index contributed by atoms with van der Waals surface area (Å²) < 4.78 is 16.0. The zero-order chi connectivity index (χ0) is 11.5. The molecule has 0 saturated carbocycles. The van der Waals surface area contributed by atoms with Gasteiger partial charge in [0, 0.05) is 13.7 Å². The first-order valence-corrected chi connectivity index (χ1v) is 5.66. The molecule has 1 N–H and O–H groups in total. The Bertz CT molecular complexity index is 127. The molecule has 0 radical (unpaired) electrons. The van der Waals surface area contributed by atoms with Gasteiger partial charge in [0.2, 0.25) is 0 Å². The van der Waals surface area contributed by atoms with Crippen LogP contribution in [0.15, 0.2) is 0 Å². The van der Waals surface area contributed by atoms with Gasteiger partial charge in [0.15, 0.2) is 0 Å². The molecule has 2 unspecified atom stereocenters. The van der Waals surface area contributed by atoms with Gasteiger partial charge >= 0.3 is 0 Å². The highest BCUT2D eigenvalue weighted by Gasteiger charge is 2.09. The van der Waals surface area contributed by atoms with E-state index in [1.807, 2.05) is 13.8 Å². The van der Waals surface area contributed by atoms with Crippen LogP contribution in [0.4, 0.5) is 0 Å². The maximum absolute atomic E-state index is 5.64. The van der Waals surface area contributed by atoms with Crippen LogP contribution in [0, 0.1) is 0 Å². The predicted molar refractivity (Wildman–Crippen MR) is 61.2 cm³/mol. The minimum Gasteiger partial charge on any atom is -0.383 e. The maximum atomic E-state index is 5.64. The van der Waals surface area contributed by atoms with Crippen LogP contribution >= 0.6 is 0 Å². The summed E-state index contributed by atoms with van der Waals surface area (Å²) in [5.74, 6) is 0. The summed E-state index contributed by atoms with van der Waals surface area (Å²) >= 11 is 0. The molecule has 0 aromatic heterocycles. The Balaban J connectivity index is 3.57. The normalized spacial score (nSPS) is 15.2. The lowest BCUT2D eigenvalue weighted by Crippen LogP contribution is -2.38. The van der Waals surface area contributed by atoms with Crippen LogP contribution in [0.3, 0.4) is 0 Å². The maximum Gasteiger partial charge on any atom is 0.0781 e. The number of rotatable bonds is 10. The van der Waals surface area contributed by atoms with Crippen LogP contribution < -0.4 is 5.32 Å². The van der Waals surface area contributed by atoms with Crippen molar-refractivity contribution >= 4 is 0 Å². The molecule has 0 aliphatic rings. The summed E-state index contributed by atoms with van der Waals surface area (Å²) in [5.41, 5.74) is 0. The molecule has 4 nitrogen and oxygen atoms in total. The highest BCUT2D eigenvalue weighted by molar-refractivity contribution is 4.64. The first kappa shape index (κ1) is 14.8. The second-order valence-corrected chi connectivity index (χ2v) is 3.51. The van der Waals surface area contributed by atoms with E-state index in [1.165, 1.54) is 0 Å². The van der Waals surface area contributed by atoms with E-state index in [-0.39, 0.29) is 12.1 Å². The monoisotopic (exact) mass is 219 g/mol. The van der Waals surface area contributed by atoms with Crippen LogP contribution in [0.1, 0.15) is 20.8 Å². The fourth-order valence-corrected chi connectivity index (χ4v) is 1.27. The molecule has 0 fully saturated rings. The molecule has 2 atom stereocenters. The smallest absolute Gasteiger partial charge is 0.0781 e. The van der Waals surface area contributed by atoms with Crippen molar-refractivity contribution in [2.75, 3.05) is 40.1 Å². The quantitative estimate of drug-likeness (QED) is 0.596. The van der Waals surface area contributed by atoms with Crippen molar-refractivity contribution in [2.24, 2.45) is 0 Å². The number of ether oxygens (including phenoxy) is 3. The summed E-state index contributed by atoms with van der Waals surface area (Å²) in [6.45, 7) is 9.74. The minimum atomic E-state index is 0.142. The number of methoxy groups -OCH3 is 1. The zero-order valence-electron chi connectivity index (χ0n) is 10.4. The van der Waals surface area contributed by atoms with Crippen molar-refractivity contribution in [3.05, 3.63) is 0 Å². The SMILES string of the molecule is CCNC(COC)COC(C)COCC. The largest absolute Gasteiger partial charge is 0.383 e. The third kappa shape index (κ3) is 8.81. The summed E-state index contributed by atoms with van der Waals surface area (Å²) in [4.78, 5) is 0. The molecule has 0 saturated heterocycles. The number of nitrogens with one attached hydrogen (secondary N) is 1. The fraction of sp³-hybridized carbons (Fsp3) is 1.00. The van der Waals surface area contributed by atoms with E-state index in [1.54, 1.807) is 7.11 Å². The fourth-order valence-electron chi connectivity index (χ4n) is 1.27. The molecule has 15 heavy (non-hydrogen) atoms. The minimum absolute atomic E-state index is 0.142. The van der Waals surface area contributed by atoms with Gasteiger partial charge in [0.25, 0.3) is 0 Å². The van der Waals surface area contributed by atoms with Crippen molar-refractivity contribution in [1.82, 2.24) is 5.32 Å². The van der Waals surface area contributed by atoms with Gasteiger partial charge in [-0.3, -0.25) is 0 Å². The Morgan fingerprint density at radius 3 is 2.40 bits per heavy atom. The molecule has 0 aliphatic heterocycles. The van der Waals surface area contributed by atoms with E-state index >= 15 is 0 Å². The second-order valence-electron chi connectivity index (χ2n) is 3.51. The molecule has 0 amide bonds. The molecule has 0 aromatic carbocycles. The van der Waals surface area contributed by atoms with E-state index in [4.69, 9.17) is 14.2 Å². The molecular formula is C11H25NO3. The third-order valence-electron chi connectivity index (χ3n) is 2.00. The van der Waals surface area contributed by atoms with E-state index in [0.29, 0.717) is 19.8 Å². The van der Waals surface area contributed by atoms with E-state index in [2.05, 4.69) is 12.2 Å². The summed E-state index contributed by atoms with van der Waals surface area (Å²) in [6.07, 6.45) is 0.142. The lowest BCUT2D eigenvalue weighted by molar-refractivity contribution is -0.0189. The second kappa shape index (κ2) is 10.4. The van der Waals surface area contributed by atoms with Gasteiger partial charge in [0.1, 0.15) is 0 Å². The van der Waals surface area contributed by atoms with Crippen LogP contribution in [0.25, 0.3) is 0 Å². The lowest BCUT2D eigenvalue weighted by Gasteiger charge is -2.20. The number of hydrogen-bond donors (Lipinski definition) is 1. The van der Waals surface area contributed by atoms with Gasteiger partial charge in [-0.05, 0) is 20.4 Å². The molecule has 0 rings (SSSR count). The average Bonchev–Trinajstić information content (AvgIpc) is 2.23. The molecule has 4 heteroatoms. The lowest BCUT2D eigenvalue weighted by atomic mass is 10.3. The van der Waals surface area contributed by atoms with Gasteiger partial charge in [-0.25, -0.2) is 0 Å². The topological polar surface area (TPSA) is 39.7 Å². The summed E-state index contributed by atoms with van der Waals surface area (Å²) in [7, 11) is 1.70. The van der Waals surface area contributed by atoms with Crippen LogP contribution in [-0.4, -0.2) is 52.2 Å². The predicted octanol–water partition coefficient (Wildman–Crippen LogP) is 1.05. The molecule has 0 aromatic rings. The van der Waals surface area contributed by atoms with Crippen molar-refractivity contribution in [2.45, 2.75) is 32.9 Å². The average molecular weight is 219 g/mol. The highest BCUT2D eigenvalue weighted by Crippen LogP contribution is 1.95. The molecule has 92 valence electrons. The first-order valence-electron chi connectivity index (χ1n) is 5.66. The molecule has 0 bridgehead atoms. The zero-order valence-corrected chi connectivity index (χ0v) is 10.4. The van der Waals surface area contributed by atoms with Crippen molar-refractivity contribution in [1.29, 1.82) is 0 Å². The molecule has 0 aliphatic carbocycles. The van der Waals surface area contributed by atoms with E-state index < -0.39 is 0 Å². The van der Waals surface area contributed by atoms with Gasteiger partial charge < -0.3 is 19.5 Å². The van der Waals surface area contributed by atoms with Gasteiger partial charge in [-0.1, -0.05) is 6.92 Å².